The largest absolute Gasteiger partial charge is 0.279 e. The molecule has 1 heterocycles. The molecule has 130 valence electrons. The lowest BCUT2D eigenvalue weighted by atomic mass is 10.1. The summed E-state index contributed by atoms with van der Waals surface area (Å²) < 4.78 is 28.1. The number of sulfonamides is 1. The first-order valence-corrected chi connectivity index (χ1v) is 10.5. The maximum Gasteiger partial charge on any atom is 0.263 e. The molecular weight excluding hydrogens is 423 g/mol. The molecule has 9 heteroatoms. The number of halogens is 3. The second-order valence-electron chi connectivity index (χ2n) is 5.10. The van der Waals surface area contributed by atoms with Crippen molar-refractivity contribution < 1.29 is 8.42 Å². The Morgan fingerprint density at radius 1 is 1.04 bits per heavy atom. The highest BCUT2D eigenvalue weighted by Crippen LogP contribution is 2.34. The van der Waals surface area contributed by atoms with Gasteiger partial charge in [-0.25, -0.2) is 13.4 Å². The van der Waals surface area contributed by atoms with Crippen LogP contribution in [0, 0.1) is 6.92 Å². The molecule has 1 N–H and O–H groups in total. The number of para-hydroxylation sites is 1. The Labute approximate surface area is 164 Å². The predicted molar refractivity (Wildman–Crippen MR) is 105 cm³/mol. The van der Waals surface area contributed by atoms with Crippen LogP contribution in [0.3, 0.4) is 0 Å². The molecule has 0 aliphatic carbocycles. The molecule has 0 radical (unpaired) electrons. The summed E-state index contributed by atoms with van der Waals surface area (Å²) in [6.45, 7) is 1.89. The minimum absolute atomic E-state index is 0.0103. The van der Waals surface area contributed by atoms with Crippen molar-refractivity contribution in [1.82, 2.24) is 4.98 Å². The molecule has 0 fully saturated rings. The van der Waals surface area contributed by atoms with E-state index in [0.717, 1.165) is 5.01 Å². The van der Waals surface area contributed by atoms with Gasteiger partial charge in [0, 0.05) is 10.9 Å². The Morgan fingerprint density at radius 2 is 1.72 bits per heavy atom. The fraction of sp³-hybridized carbons (Fsp3) is 0.0625. The molecule has 4 nitrogen and oxygen atoms in total. The summed E-state index contributed by atoms with van der Waals surface area (Å²) in [7, 11) is -3.96. The first-order valence-electron chi connectivity index (χ1n) is 6.97. The van der Waals surface area contributed by atoms with E-state index < -0.39 is 10.0 Å². The number of benzene rings is 2. The summed E-state index contributed by atoms with van der Waals surface area (Å²) in [4.78, 5) is 4.26. The Morgan fingerprint density at radius 3 is 2.40 bits per heavy atom. The van der Waals surface area contributed by atoms with Gasteiger partial charge in [0.1, 0.15) is 4.90 Å². The molecule has 3 aromatic rings. The third-order valence-corrected chi connectivity index (χ3v) is 6.66. The van der Waals surface area contributed by atoms with E-state index in [9.17, 15) is 8.42 Å². The van der Waals surface area contributed by atoms with Crippen LogP contribution in [-0.2, 0) is 10.0 Å². The Hall–Kier alpha value is -1.31. The van der Waals surface area contributed by atoms with Gasteiger partial charge >= 0.3 is 0 Å². The highest BCUT2D eigenvalue weighted by Gasteiger charge is 2.22. The van der Waals surface area contributed by atoms with Gasteiger partial charge in [-0.05, 0) is 25.1 Å². The highest BCUT2D eigenvalue weighted by molar-refractivity contribution is 7.92. The molecule has 0 bridgehead atoms. The summed E-state index contributed by atoms with van der Waals surface area (Å²) in [5.74, 6) is 0. The van der Waals surface area contributed by atoms with Crippen molar-refractivity contribution in [2.75, 3.05) is 4.72 Å². The molecular formula is C16H11Cl3N2O2S2. The Bertz CT molecular complexity index is 1050. The smallest absolute Gasteiger partial charge is 0.263 e. The third-order valence-electron chi connectivity index (χ3n) is 3.33. The number of aromatic nitrogens is 1. The third kappa shape index (κ3) is 3.93. The van der Waals surface area contributed by atoms with E-state index in [4.69, 9.17) is 34.8 Å². The minimum atomic E-state index is -3.96. The molecule has 2 aromatic carbocycles. The van der Waals surface area contributed by atoms with Gasteiger partial charge in [-0.15, -0.1) is 11.3 Å². The SMILES string of the molecule is Cc1nc(-c2ccccc2NS(=O)(=O)c2cc(Cl)c(Cl)cc2Cl)cs1. The zero-order chi connectivity index (χ0) is 18.2. The number of hydrogen-bond acceptors (Lipinski definition) is 4. The number of aryl methyl sites for hydroxylation is 1. The average molecular weight is 434 g/mol. The molecule has 3 rings (SSSR count). The first-order chi connectivity index (χ1) is 11.8. The summed E-state index contributed by atoms with van der Waals surface area (Å²) >= 11 is 19.3. The van der Waals surface area contributed by atoms with Crippen LogP contribution in [0.1, 0.15) is 5.01 Å². The molecule has 0 aliphatic rings. The summed E-state index contributed by atoms with van der Waals surface area (Å²) in [5, 5.41) is 3.04. The number of rotatable bonds is 4. The first kappa shape index (κ1) is 18.5. The van der Waals surface area contributed by atoms with Crippen LogP contribution in [0.15, 0.2) is 46.7 Å². The molecule has 0 aliphatic heterocycles. The van der Waals surface area contributed by atoms with Crippen molar-refractivity contribution in [1.29, 1.82) is 0 Å². The maximum absolute atomic E-state index is 12.8. The number of hydrogen-bond donors (Lipinski definition) is 1. The normalized spacial score (nSPS) is 11.5. The van der Waals surface area contributed by atoms with Crippen LogP contribution in [0.5, 0.6) is 0 Å². The molecule has 0 atom stereocenters. The lowest BCUT2D eigenvalue weighted by molar-refractivity contribution is 0.601. The summed E-state index contributed by atoms with van der Waals surface area (Å²) in [5.41, 5.74) is 1.77. The number of thiazole rings is 1. The van der Waals surface area contributed by atoms with Crippen LogP contribution >= 0.6 is 46.1 Å². The zero-order valence-electron chi connectivity index (χ0n) is 12.8. The van der Waals surface area contributed by atoms with Crippen LogP contribution in [0.2, 0.25) is 15.1 Å². The van der Waals surface area contributed by atoms with Crippen molar-refractivity contribution in [2.45, 2.75) is 11.8 Å². The van der Waals surface area contributed by atoms with Crippen molar-refractivity contribution in [3.63, 3.8) is 0 Å². The monoisotopic (exact) mass is 432 g/mol. The van der Waals surface area contributed by atoms with E-state index in [1.165, 1.54) is 23.5 Å². The van der Waals surface area contributed by atoms with E-state index in [1.807, 2.05) is 18.4 Å². The molecule has 1 aromatic heterocycles. The van der Waals surface area contributed by atoms with Crippen molar-refractivity contribution in [2.24, 2.45) is 0 Å². The zero-order valence-corrected chi connectivity index (χ0v) is 16.7. The van der Waals surface area contributed by atoms with Gasteiger partial charge < -0.3 is 0 Å². The van der Waals surface area contributed by atoms with Gasteiger partial charge in [0.05, 0.1) is 31.5 Å². The van der Waals surface area contributed by atoms with Crippen LogP contribution < -0.4 is 4.72 Å². The standard InChI is InChI=1S/C16H11Cl3N2O2S2/c1-9-20-15(8-24-9)10-4-2-3-5-14(10)21-25(22,23)16-7-12(18)11(17)6-13(16)19/h2-8,21H,1H3. The highest BCUT2D eigenvalue weighted by atomic mass is 35.5. The van der Waals surface area contributed by atoms with E-state index >= 15 is 0 Å². The second-order valence-corrected chi connectivity index (χ2v) is 9.03. The maximum atomic E-state index is 12.8. The lowest BCUT2D eigenvalue weighted by Crippen LogP contribution is -2.14. The van der Waals surface area contributed by atoms with Crippen molar-refractivity contribution in [3.8, 4) is 11.3 Å². The van der Waals surface area contributed by atoms with Gasteiger partial charge in [-0.3, -0.25) is 4.72 Å². The van der Waals surface area contributed by atoms with Crippen LogP contribution in [-0.4, -0.2) is 13.4 Å². The van der Waals surface area contributed by atoms with E-state index in [0.29, 0.717) is 16.9 Å². The van der Waals surface area contributed by atoms with E-state index in [1.54, 1.807) is 18.2 Å². The van der Waals surface area contributed by atoms with E-state index in [-0.39, 0.29) is 20.0 Å². The lowest BCUT2D eigenvalue weighted by Gasteiger charge is -2.13. The summed E-state index contributed by atoms with van der Waals surface area (Å²) in [6.07, 6.45) is 0. The average Bonchev–Trinajstić information content (AvgIpc) is 2.97. The predicted octanol–water partition coefficient (Wildman–Crippen LogP) is 5.88. The molecule has 0 saturated carbocycles. The molecule has 0 spiro atoms. The van der Waals surface area contributed by atoms with Gasteiger partial charge in [0.15, 0.2) is 0 Å². The van der Waals surface area contributed by atoms with Gasteiger partial charge in [0.25, 0.3) is 10.0 Å². The molecule has 25 heavy (non-hydrogen) atoms. The van der Waals surface area contributed by atoms with Crippen LogP contribution in [0.25, 0.3) is 11.3 Å². The second kappa shape index (κ2) is 7.13. The van der Waals surface area contributed by atoms with Crippen molar-refractivity contribution in [3.05, 3.63) is 61.9 Å². The minimum Gasteiger partial charge on any atom is -0.279 e. The Balaban J connectivity index is 2.04. The molecule has 0 amide bonds. The number of nitrogens with zero attached hydrogens (tertiary/aromatic N) is 1. The van der Waals surface area contributed by atoms with Gasteiger partial charge in [-0.2, -0.15) is 0 Å². The van der Waals surface area contributed by atoms with E-state index in [2.05, 4.69) is 9.71 Å². The molecule has 0 saturated heterocycles. The Kier molecular flexibility index (Phi) is 5.27. The fourth-order valence-electron chi connectivity index (χ4n) is 2.19. The van der Waals surface area contributed by atoms with Crippen molar-refractivity contribution >= 4 is 61.9 Å². The fourth-order valence-corrected chi connectivity index (χ4v) is 4.89. The van der Waals surface area contributed by atoms with Gasteiger partial charge in [0.2, 0.25) is 0 Å². The topological polar surface area (TPSA) is 59.1 Å². The summed E-state index contributed by atoms with van der Waals surface area (Å²) in [6, 6.07) is 9.53. The van der Waals surface area contributed by atoms with Gasteiger partial charge in [-0.1, -0.05) is 53.0 Å². The number of anilines is 1. The number of nitrogens with one attached hydrogen (secondary N) is 1. The molecule has 0 unspecified atom stereocenters. The quantitative estimate of drug-likeness (QED) is 0.523. The van der Waals surface area contributed by atoms with Crippen LogP contribution in [0.4, 0.5) is 5.69 Å².